The fraction of sp³-hybridized carbons (Fsp3) is 0.235. The van der Waals surface area contributed by atoms with Crippen LogP contribution in [0.25, 0.3) is 0 Å². The molecule has 0 aromatic heterocycles. The minimum absolute atomic E-state index is 0.0937. The van der Waals surface area contributed by atoms with Gasteiger partial charge in [0.05, 0.1) is 10.5 Å². The Hall–Kier alpha value is -1.59. The monoisotopic (exact) mass is 492 g/mol. The molecule has 0 radical (unpaired) electrons. The first-order chi connectivity index (χ1) is 12.3. The van der Waals surface area contributed by atoms with Crippen LogP contribution in [0.4, 0.5) is 8.78 Å². The number of amides is 1. The van der Waals surface area contributed by atoms with Gasteiger partial charge in [-0.15, -0.1) is 0 Å². The molecule has 1 aliphatic heterocycles. The predicted molar refractivity (Wildman–Crippen MR) is 100 cm³/mol. The normalized spacial score (nSPS) is 15.9. The fourth-order valence-electron chi connectivity index (χ4n) is 2.72. The molecule has 1 saturated heterocycles. The van der Waals surface area contributed by atoms with Crippen molar-refractivity contribution in [2.75, 3.05) is 26.2 Å². The zero-order valence-corrected chi connectivity index (χ0v) is 16.5. The number of carbonyl (C=O) groups excluding carboxylic acids is 1. The van der Waals surface area contributed by atoms with E-state index in [2.05, 4.69) is 22.6 Å². The lowest BCUT2D eigenvalue weighted by Gasteiger charge is -2.34. The van der Waals surface area contributed by atoms with E-state index in [1.165, 1.54) is 4.31 Å². The predicted octanol–water partition coefficient (Wildman–Crippen LogP) is 2.72. The van der Waals surface area contributed by atoms with E-state index in [9.17, 15) is 22.0 Å². The summed E-state index contributed by atoms with van der Waals surface area (Å²) >= 11 is 2.08. The van der Waals surface area contributed by atoms with E-state index in [0.717, 1.165) is 15.7 Å². The molecule has 2 aromatic rings. The third-order valence-corrected chi connectivity index (χ3v) is 6.99. The van der Waals surface area contributed by atoms with E-state index in [1.54, 1.807) is 17.0 Å². The molecule has 1 fully saturated rings. The Bertz CT molecular complexity index is 945. The van der Waals surface area contributed by atoms with Gasteiger partial charge in [0.15, 0.2) is 11.6 Å². The van der Waals surface area contributed by atoms with Crippen molar-refractivity contribution in [2.45, 2.75) is 4.90 Å². The SMILES string of the molecule is O=C(c1ccccc1I)N1CCN(S(=O)(=O)c2ccc(F)c(F)c2)CC1. The van der Waals surface area contributed by atoms with Crippen molar-refractivity contribution in [1.29, 1.82) is 0 Å². The molecule has 0 N–H and O–H groups in total. The molecule has 138 valence electrons. The summed E-state index contributed by atoms with van der Waals surface area (Å²) in [4.78, 5) is 13.9. The molecular formula is C17H15F2IN2O3S. The molecule has 3 rings (SSSR count). The van der Waals surface area contributed by atoms with Gasteiger partial charge in [-0.1, -0.05) is 12.1 Å². The van der Waals surface area contributed by atoms with Gasteiger partial charge in [-0.3, -0.25) is 4.79 Å². The molecule has 0 bridgehead atoms. The maximum absolute atomic E-state index is 13.4. The molecule has 1 heterocycles. The van der Waals surface area contributed by atoms with E-state index >= 15 is 0 Å². The van der Waals surface area contributed by atoms with Gasteiger partial charge in [-0.05, 0) is 52.9 Å². The van der Waals surface area contributed by atoms with Crippen LogP contribution in [0.5, 0.6) is 0 Å². The van der Waals surface area contributed by atoms with Gasteiger partial charge >= 0.3 is 0 Å². The Kier molecular flexibility index (Phi) is 5.58. The van der Waals surface area contributed by atoms with E-state index in [4.69, 9.17) is 0 Å². The molecule has 0 atom stereocenters. The van der Waals surface area contributed by atoms with Crippen molar-refractivity contribution >= 4 is 38.5 Å². The second-order valence-electron chi connectivity index (χ2n) is 5.75. The Morgan fingerprint density at radius 2 is 1.62 bits per heavy atom. The largest absolute Gasteiger partial charge is 0.336 e. The third kappa shape index (κ3) is 3.74. The maximum atomic E-state index is 13.4. The molecule has 9 heteroatoms. The maximum Gasteiger partial charge on any atom is 0.255 e. The van der Waals surface area contributed by atoms with Crippen molar-refractivity contribution in [1.82, 2.24) is 9.21 Å². The van der Waals surface area contributed by atoms with Crippen LogP contribution in [0.1, 0.15) is 10.4 Å². The Morgan fingerprint density at radius 3 is 2.23 bits per heavy atom. The van der Waals surface area contributed by atoms with Crippen LogP contribution >= 0.6 is 22.6 Å². The molecule has 5 nitrogen and oxygen atoms in total. The van der Waals surface area contributed by atoms with Gasteiger partial charge in [0.2, 0.25) is 10.0 Å². The van der Waals surface area contributed by atoms with Crippen LogP contribution in [0.15, 0.2) is 47.4 Å². The number of benzene rings is 2. The number of halogens is 3. The summed E-state index contributed by atoms with van der Waals surface area (Å²) in [6, 6.07) is 9.68. The van der Waals surface area contributed by atoms with Crippen LogP contribution in [0.3, 0.4) is 0 Å². The number of hydrogen-bond donors (Lipinski definition) is 0. The zero-order chi connectivity index (χ0) is 18.9. The first kappa shape index (κ1) is 19.2. The lowest BCUT2D eigenvalue weighted by Crippen LogP contribution is -2.50. The second-order valence-corrected chi connectivity index (χ2v) is 8.85. The second kappa shape index (κ2) is 7.57. The summed E-state index contributed by atoms with van der Waals surface area (Å²) in [5.41, 5.74) is 0.574. The number of sulfonamides is 1. The average molecular weight is 492 g/mol. The molecule has 1 amide bonds. The fourth-order valence-corrected chi connectivity index (χ4v) is 4.78. The van der Waals surface area contributed by atoms with E-state index in [-0.39, 0.29) is 37.0 Å². The Morgan fingerprint density at radius 1 is 0.962 bits per heavy atom. The first-order valence-electron chi connectivity index (χ1n) is 7.80. The van der Waals surface area contributed by atoms with Crippen LogP contribution in [-0.4, -0.2) is 49.7 Å². The van der Waals surface area contributed by atoms with Crippen molar-refractivity contribution in [2.24, 2.45) is 0 Å². The standard InChI is InChI=1S/C17H15F2IN2O3S/c18-14-6-5-12(11-15(14)19)26(24,25)22-9-7-21(8-10-22)17(23)13-3-1-2-4-16(13)20/h1-6,11H,7-10H2. The lowest BCUT2D eigenvalue weighted by molar-refractivity contribution is 0.0697. The van der Waals surface area contributed by atoms with Crippen molar-refractivity contribution < 1.29 is 22.0 Å². The van der Waals surface area contributed by atoms with Crippen molar-refractivity contribution in [3.63, 3.8) is 0 Å². The smallest absolute Gasteiger partial charge is 0.255 e. The van der Waals surface area contributed by atoms with Gasteiger partial charge in [-0.2, -0.15) is 4.31 Å². The number of rotatable bonds is 3. The van der Waals surface area contributed by atoms with Crippen LogP contribution in [-0.2, 0) is 10.0 Å². The number of hydrogen-bond acceptors (Lipinski definition) is 3. The number of nitrogens with zero attached hydrogens (tertiary/aromatic N) is 2. The summed E-state index contributed by atoms with van der Waals surface area (Å²) in [5, 5.41) is 0. The zero-order valence-electron chi connectivity index (χ0n) is 13.5. The van der Waals surface area contributed by atoms with Crippen LogP contribution in [0.2, 0.25) is 0 Å². The van der Waals surface area contributed by atoms with Gasteiger partial charge in [0.25, 0.3) is 5.91 Å². The van der Waals surface area contributed by atoms with Gasteiger partial charge in [-0.25, -0.2) is 17.2 Å². The minimum Gasteiger partial charge on any atom is -0.336 e. The first-order valence-corrected chi connectivity index (χ1v) is 10.3. The molecule has 0 saturated carbocycles. The van der Waals surface area contributed by atoms with Crippen LogP contribution in [0, 0.1) is 15.2 Å². The molecule has 0 aliphatic carbocycles. The summed E-state index contributed by atoms with van der Waals surface area (Å²) in [6.07, 6.45) is 0. The summed E-state index contributed by atoms with van der Waals surface area (Å²) in [6.45, 7) is 0.645. The molecule has 1 aliphatic rings. The van der Waals surface area contributed by atoms with E-state index in [0.29, 0.717) is 11.6 Å². The van der Waals surface area contributed by atoms with Crippen molar-refractivity contribution in [3.8, 4) is 0 Å². The highest BCUT2D eigenvalue weighted by molar-refractivity contribution is 14.1. The summed E-state index contributed by atoms with van der Waals surface area (Å²) in [5.74, 6) is -2.46. The summed E-state index contributed by atoms with van der Waals surface area (Å²) < 4.78 is 53.6. The Balaban J connectivity index is 1.72. The highest BCUT2D eigenvalue weighted by Crippen LogP contribution is 2.21. The quantitative estimate of drug-likeness (QED) is 0.620. The van der Waals surface area contributed by atoms with E-state index < -0.39 is 21.7 Å². The van der Waals surface area contributed by atoms with Gasteiger partial charge in [0.1, 0.15) is 0 Å². The lowest BCUT2D eigenvalue weighted by atomic mass is 10.2. The topological polar surface area (TPSA) is 57.7 Å². The number of carbonyl (C=O) groups is 1. The van der Waals surface area contributed by atoms with Crippen molar-refractivity contribution in [3.05, 3.63) is 63.2 Å². The molecule has 0 unspecified atom stereocenters. The Labute approximate surface area is 163 Å². The molecule has 2 aromatic carbocycles. The van der Waals surface area contributed by atoms with Crippen LogP contribution < -0.4 is 0 Å². The number of piperazine rings is 1. The average Bonchev–Trinajstić information content (AvgIpc) is 2.64. The highest BCUT2D eigenvalue weighted by atomic mass is 127. The van der Waals surface area contributed by atoms with E-state index in [1.807, 2.05) is 12.1 Å². The van der Waals surface area contributed by atoms with Gasteiger partial charge < -0.3 is 4.90 Å². The molecule has 26 heavy (non-hydrogen) atoms. The third-order valence-electron chi connectivity index (χ3n) is 4.16. The minimum atomic E-state index is -3.94. The summed E-state index contributed by atoms with van der Waals surface area (Å²) in [7, 11) is -3.94. The molecular weight excluding hydrogens is 477 g/mol. The molecule has 0 spiro atoms. The van der Waals surface area contributed by atoms with Gasteiger partial charge in [0, 0.05) is 29.7 Å². The highest BCUT2D eigenvalue weighted by Gasteiger charge is 2.31.